The molecule has 3 nitrogen and oxygen atoms in total. The number of ether oxygens (including phenoxy) is 2. The van der Waals surface area contributed by atoms with Crippen molar-refractivity contribution < 1.29 is 13.9 Å². The lowest BCUT2D eigenvalue weighted by atomic mass is 10.1. The highest BCUT2D eigenvalue weighted by molar-refractivity contribution is 5.47. The van der Waals surface area contributed by atoms with Gasteiger partial charge in [-0.15, -0.1) is 0 Å². The second-order valence-corrected chi connectivity index (χ2v) is 6.53. The van der Waals surface area contributed by atoms with Gasteiger partial charge in [0.1, 0.15) is 12.4 Å². The quantitative estimate of drug-likeness (QED) is 0.496. The number of halogens is 1. The molecule has 3 aromatic carbocycles. The smallest absolute Gasteiger partial charge is 0.161 e. The Kier molecular flexibility index (Phi) is 6.90. The predicted molar refractivity (Wildman–Crippen MR) is 111 cm³/mol. The van der Waals surface area contributed by atoms with Crippen molar-refractivity contribution in [3.8, 4) is 11.5 Å². The van der Waals surface area contributed by atoms with Crippen molar-refractivity contribution in [3.05, 3.63) is 89.2 Å². The van der Waals surface area contributed by atoms with Crippen molar-refractivity contribution in [2.24, 2.45) is 0 Å². The van der Waals surface area contributed by atoms with Gasteiger partial charge in [-0.1, -0.05) is 37.3 Å². The van der Waals surface area contributed by atoms with Gasteiger partial charge < -0.3 is 14.8 Å². The second kappa shape index (κ2) is 9.79. The van der Waals surface area contributed by atoms with Crippen molar-refractivity contribution in [2.45, 2.75) is 33.4 Å². The Morgan fingerprint density at radius 3 is 2.11 bits per heavy atom. The van der Waals surface area contributed by atoms with Gasteiger partial charge in [0.05, 0.1) is 6.61 Å². The Morgan fingerprint density at radius 1 is 0.750 bits per heavy atom. The van der Waals surface area contributed by atoms with Crippen LogP contribution < -0.4 is 14.8 Å². The zero-order chi connectivity index (χ0) is 19.8. The summed E-state index contributed by atoms with van der Waals surface area (Å²) in [5, 5.41) is 3.43. The monoisotopic (exact) mass is 379 g/mol. The van der Waals surface area contributed by atoms with E-state index in [0.717, 1.165) is 23.2 Å². The van der Waals surface area contributed by atoms with E-state index < -0.39 is 0 Å². The summed E-state index contributed by atoms with van der Waals surface area (Å²) >= 11 is 0. The Balaban J connectivity index is 1.64. The molecule has 0 bridgehead atoms. The van der Waals surface area contributed by atoms with E-state index >= 15 is 0 Å². The molecule has 0 aliphatic carbocycles. The van der Waals surface area contributed by atoms with E-state index in [4.69, 9.17) is 9.47 Å². The summed E-state index contributed by atoms with van der Waals surface area (Å²) in [6.07, 6.45) is 1.04. The first-order valence-corrected chi connectivity index (χ1v) is 9.63. The number of anilines is 1. The normalized spacial score (nSPS) is 10.5. The fourth-order valence-corrected chi connectivity index (χ4v) is 2.85. The minimum Gasteiger partial charge on any atom is -0.490 e. The van der Waals surface area contributed by atoms with Crippen molar-refractivity contribution in [3.63, 3.8) is 0 Å². The van der Waals surface area contributed by atoms with Crippen LogP contribution in [0.4, 0.5) is 10.1 Å². The van der Waals surface area contributed by atoms with E-state index in [1.165, 1.54) is 17.7 Å². The number of benzene rings is 3. The first-order valence-electron chi connectivity index (χ1n) is 9.63. The van der Waals surface area contributed by atoms with E-state index in [0.29, 0.717) is 31.3 Å². The molecule has 0 heterocycles. The molecule has 146 valence electrons. The molecule has 0 unspecified atom stereocenters. The molecule has 3 aromatic rings. The van der Waals surface area contributed by atoms with Crippen LogP contribution in [-0.2, 0) is 19.6 Å². The van der Waals surface area contributed by atoms with Gasteiger partial charge >= 0.3 is 0 Å². The molecule has 0 spiro atoms. The molecular formula is C24H26FNO2. The standard InChI is InChI=1S/C24H26FNO2/c1-3-18-7-12-22(13-8-18)26-16-20-9-14-23(24(15-20)27-4-2)28-17-19-5-10-21(25)11-6-19/h5-15,26H,3-4,16-17H2,1-2H3. The van der Waals surface area contributed by atoms with E-state index in [1.54, 1.807) is 12.1 Å². The number of rotatable bonds is 9. The number of hydrogen-bond acceptors (Lipinski definition) is 3. The SMILES string of the molecule is CCOc1cc(CNc2ccc(CC)cc2)ccc1OCc1ccc(F)cc1. The number of nitrogens with one attached hydrogen (secondary N) is 1. The highest BCUT2D eigenvalue weighted by Gasteiger charge is 2.07. The molecule has 4 heteroatoms. The first-order chi connectivity index (χ1) is 13.7. The van der Waals surface area contributed by atoms with E-state index in [2.05, 4.69) is 36.5 Å². The van der Waals surface area contributed by atoms with Crippen LogP contribution in [0.1, 0.15) is 30.5 Å². The van der Waals surface area contributed by atoms with Gasteiger partial charge in [-0.3, -0.25) is 0 Å². The topological polar surface area (TPSA) is 30.5 Å². The van der Waals surface area contributed by atoms with Gasteiger partial charge in [0, 0.05) is 12.2 Å². The molecule has 3 rings (SSSR count). The third-order valence-corrected chi connectivity index (χ3v) is 4.47. The maximum absolute atomic E-state index is 13.0. The Hall–Kier alpha value is -3.01. The lowest BCUT2D eigenvalue weighted by molar-refractivity contribution is 0.269. The molecule has 0 aromatic heterocycles. The third-order valence-electron chi connectivity index (χ3n) is 4.47. The highest BCUT2D eigenvalue weighted by Crippen LogP contribution is 2.29. The van der Waals surface area contributed by atoms with Gasteiger partial charge in [-0.25, -0.2) is 4.39 Å². The Labute approximate surface area is 166 Å². The van der Waals surface area contributed by atoms with Gasteiger partial charge in [-0.05, 0) is 66.4 Å². The fourth-order valence-electron chi connectivity index (χ4n) is 2.85. The molecule has 0 saturated carbocycles. The van der Waals surface area contributed by atoms with E-state index in [-0.39, 0.29) is 5.82 Å². The van der Waals surface area contributed by atoms with Crippen molar-refractivity contribution >= 4 is 5.69 Å². The van der Waals surface area contributed by atoms with Crippen molar-refractivity contribution in [1.82, 2.24) is 0 Å². The summed E-state index contributed by atoms with van der Waals surface area (Å²) in [6, 6.07) is 20.7. The van der Waals surface area contributed by atoms with E-state index in [9.17, 15) is 4.39 Å². The maximum Gasteiger partial charge on any atom is 0.161 e. The molecule has 28 heavy (non-hydrogen) atoms. The van der Waals surface area contributed by atoms with Crippen LogP contribution in [0.15, 0.2) is 66.7 Å². The Bertz CT molecular complexity index is 876. The predicted octanol–water partition coefficient (Wildman–Crippen LogP) is 5.98. The number of hydrogen-bond donors (Lipinski definition) is 1. The second-order valence-electron chi connectivity index (χ2n) is 6.53. The van der Waals surface area contributed by atoms with Crippen LogP contribution in [-0.4, -0.2) is 6.61 Å². The third kappa shape index (κ3) is 5.49. The minimum atomic E-state index is -0.250. The Morgan fingerprint density at radius 2 is 1.43 bits per heavy atom. The molecule has 0 aliphatic heterocycles. The molecular weight excluding hydrogens is 353 g/mol. The van der Waals surface area contributed by atoms with Gasteiger partial charge in [-0.2, -0.15) is 0 Å². The van der Waals surface area contributed by atoms with Gasteiger partial charge in [0.15, 0.2) is 11.5 Å². The summed E-state index contributed by atoms with van der Waals surface area (Å²) < 4.78 is 24.7. The highest BCUT2D eigenvalue weighted by atomic mass is 19.1. The summed E-state index contributed by atoms with van der Waals surface area (Å²) in [4.78, 5) is 0. The molecule has 0 saturated heterocycles. The first kappa shape index (κ1) is 19.7. The molecule has 0 atom stereocenters. The summed E-state index contributed by atoms with van der Waals surface area (Å²) in [5.41, 5.74) is 4.43. The lowest BCUT2D eigenvalue weighted by Gasteiger charge is -2.14. The van der Waals surface area contributed by atoms with Crippen LogP contribution in [0.2, 0.25) is 0 Å². The zero-order valence-corrected chi connectivity index (χ0v) is 16.4. The summed E-state index contributed by atoms with van der Waals surface area (Å²) in [7, 11) is 0. The van der Waals surface area contributed by atoms with Gasteiger partial charge in [0.2, 0.25) is 0 Å². The summed E-state index contributed by atoms with van der Waals surface area (Å²) in [5.74, 6) is 1.15. The molecule has 0 fully saturated rings. The largest absolute Gasteiger partial charge is 0.490 e. The molecule has 0 aliphatic rings. The zero-order valence-electron chi connectivity index (χ0n) is 16.4. The molecule has 0 amide bonds. The number of aryl methyl sites for hydroxylation is 1. The minimum absolute atomic E-state index is 0.250. The average Bonchev–Trinajstić information content (AvgIpc) is 2.73. The van der Waals surface area contributed by atoms with E-state index in [1.807, 2.05) is 25.1 Å². The van der Waals surface area contributed by atoms with Crippen LogP contribution in [0.25, 0.3) is 0 Å². The molecule has 1 N–H and O–H groups in total. The van der Waals surface area contributed by atoms with Crippen LogP contribution in [0, 0.1) is 5.82 Å². The molecule has 0 radical (unpaired) electrons. The van der Waals surface area contributed by atoms with Gasteiger partial charge in [0.25, 0.3) is 0 Å². The lowest BCUT2D eigenvalue weighted by Crippen LogP contribution is -2.03. The maximum atomic E-state index is 13.0. The van der Waals surface area contributed by atoms with Crippen LogP contribution in [0.3, 0.4) is 0 Å². The summed E-state index contributed by atoms with van der Waals surface area (Å²) in [6.45, 7) is 5.72. The van der Waals surface area contributed by atoms with Crippen molar-refractivity contribution in [1.29, 1.82) is 0 Å². The van der Waals surface area contributed by atoms with Crippen molar-refractivity contribution in [2.75, 3.05) is 11.9 Å². The average molecular weight is 379 g/mol. The van der Waals surface area contributed by atoms with Crippen LogP contribution in [0.5, 0.6) is 11.5 Å². The fraction of sp³-hybridized carbons (Fsp3) is 0.250. The van der Waals surface area contributed by atoms with Crippen LogP contribution >= 0.6 is 0 Å².